The summed E-state index contributed by atoms with van der Waals surface area (Å²) in [6.07, 6.45) is 1.34. The number of anilines is 1. The van der Waals surface area contributed by atoms with E-state index in [1.54, 1.807) is 14.2 Å². The second-order valence-corrected chi connectivity index (χ2v) is 6.16. The molecule has 1 unspecified atom stereocenters. The molecule has 0 bridgehead atoms. The molecule has 24 heavy (non-hydrogen) atoms. The highest BCUT2D eigenvalue weighted by molar-refractivity contribution is 5.96. The number of amides is 1. The Balaban J connectivity index is 1.82. The van der Waals surface area contributed by atoms with E-state index in [-0.39, 0.29) is 5.91 Å². The van der Waals surface area contributed by atoms with Gasteiger partial charge in [-0.2, -0.15) is 0 Å². The van der Waals surface area contributed by atoms with E-state index < -0.39 is 0 Å². The molecule has 126 valence electrons. The first-order valence-corrected chi connectivity index (χ1v) is 8.24. The van der Waals surface area contributed by atoms with Gasteiger partial charge in [0.2, 0.25) is 5.91 Å². The van der Waals surface area contributed by atoms with E-state index in [1.807, 2.05) is 41.3 Å². The third-order valence-electron chi connectivity index (χ3n) is 4.65. The molecule has 0 spiro atoms. The fourth-order valence-corrected chi connectivity index (χ4v) is 3.27. The first-order chi connectivity index (χ1) is 11.6. The number of hydrogen-bond acceptors (Lipinski definition) is 3. The lowest BCUT2D eigenvalue weighted by Crippen LogP contribution is -2.37. The van der Waals surface area contributed by atoms with Crippen molar-refractivity contribution in [3.63, 3.8) is 0 Å². The van der Waals surface area contributed by atoms with Gasteiger partial charge in [0, 0.05) is 12.2 Å². The Kier molecular flexibility index (Phi) is 4.74. The van der Waals surface area contributed by atoms with Gasteiger partial charge in [-0.15, -0.1) is 0 Å². The number of fused-ring (bicyclic) bond motifs is 1. The van der Waals surface area contributed by atoms with Crippen LogP contribution < -0.4 is 14.4 Å². The minimum atomic E-state index is 0.113. The minimum absolute atomic E-state index is 0.113. The Bertz CT molecular complexity index is 741. The van der Waals surface area contributed by atoms with Crippen molar-refractivity contribution in [3.05, 3.63) is 53.6 Å². The molecule has 0 radical (unpaired) electrons. The van der Waals surface area contributed by atoms with Crippen molar-refractivity contribution in [1.29, 1.82) is 0 Å². The molecular weight excluding hydrogens is 302 g/mol. The van der Waals surface area contributed by atoms with Gasteiger partial charge in [0.25, 0.3) is 0 Å². The molecule has 1 atom stereocenters. The van der Waals surface area contributed by atoms with Gasteiger partial charge < -0.3 is 14.4 Å². The third kappa shape index (κ3) is 3.09. The molecule has 4 heteroatoms. The quantitative estimate of drug-likeness (QED) is 0.858. The molecule has 0 fully saturated rings. The first-order valence-electron chi connectivity index (χ1n) is 8.24. The minimum Gasteiger partial charge on any atom is -0.493 e. The van der Waals surface area contributed by atoms with E-state index in [0.29, 0.717) is 23.8 Å². The number of benzene rings is 2. The molecule has 4 nitrogen and oxygen atoms in total. The second-order valence-electron chi connectivity index (χ2n) is 6.16. The number of ether oxygens (including phenoxy) is 2. The molecule has 0 saturated carbocycles. The molecule has 1 aliphatic heterocycles. The number of rotatable bonds is 4. The number of nitrogens with zero attached hydrogens (tertiary/aromatic N) is 1. The van der Waals surface area contributed by atoms with Gasteiger partial charge in [0.1, 0.15) is 0 Å². The summed E-state index contributed by atoms with van der Waals surface area (Å²) in [6.45, 7) is 2.99. The lowest BCUT2D eigenvalue weighted by atomic mass is 9.91. The molecule has 2 aromatic carbocycles. The van der Waals surface area contributed by atoms with Crippen LogP contribution in [-0.2, 0) is 11.2 Å². The predicted molar refractivity (Wildman–Crippen MR) is 95.1 cm³/mol. The maximum absolute atomic E-state index is 12.8. The summed E-state index contributed by atoms with van der Waals surface area (Å²) in [7, 11) is 3.21. The molecule has 1 aliphatic rings. The maximum atomic E-state index is 12.8. The van der Waals surface area contributed by atoms with Gasteiger partial charge in [-0.25, -0.2) is 0 Å². The third-order valence-corrected chi connectivity index (χ3v) is 4.65. The van der Waals surface area contributed by atoms with Crippen molar-refractivity contribution >= 4 is 11.6 Å². The van der Waals surface area contributed by atoms with Crippen molar-refractivity contribution in [1.82, 2.24) is 0 Å². The van der Waals surface area contributed by atoms with Crippen LogP contribution in [0.2, 0.25) is 0 Å². The van der Waals surface area contributed by atoms with Crippen LogP contribution in [0.1, 0.15) is 30.4 Å². The van der Waals surface area contributed by atoms with Crippen LogP contribution in [0.5, 0.6) is 11.5 Å². The van der Waals surface area contributed by atoms with Crippen molar-refractivity contribution in [3.8, 4) is 11.5 Å². The van der Waals surface area contributed by atoms with Crippen LogP contribution in [0.15, 0.2) is 42.5 Å². The van der Waals surface area contributed by atoms with Crippen LogP contribution in [0.4, 0.5) is 5.69 Å². The van der Waals surface area contributed by atoms with Gasteiger partial charge in [0.05, 0.1) is 20.6 Å². The smallest absolute Gasteiger partial charge is 0.231 e. The molecule has 1 amide bonds. The molecule has 1 heterocycles. The van der Waals surface area contributed by atoms with E-state index in [2.05, 4.69) is 13.0 Å². The van der Waals surface area contributed by atoms with Gasteiger partial charge in [0.15, 0.2) is 11.5 Å². The van der Waals surface area contributed by atoms with Crippen molar-refractivity contribution in [2.75, 3.05) is 25.7 Å². The van der Waals surface area contributed by atoms with Crippen LogP contribution >= 0.6 is 0 Å². The molecule has 3 rings (SSSR count). The second kappa shape index (κ2) is 6.95. The average molecular weight is 325 g/mol. The molecular formula is C20H23NO3. The van der Waals surface area contributed by atoms with Crippen LogP contribution in [0.25, 0.3) is 0 Å². The monoisotopic (exact) mass is 325 g/mol. The number of carbonyl (C=O) groups is 1. The van der Waals surface area contributed by atoms with Gasteiger partial charge in [-0.3, -0.25) is 4.79 Å². The number of hydrogen-bond donors (Lipinski definition) is 0. The maximum Gasteiger partial charge on any atom is 0.231 e. The Labute approximate surface area is 143 Å². The normalized spacial score (nSPS) is 16.5. The molecule has 0 N–H and O–H groups in total. The van der Waals surface area contributed by atoms with Crippen LogP contribution in [0, 0.1) is 0 Å². The average Bonchev–Trinajstić information content (AvgIpc) is 2.62. The van der Waals surface area contributed by atoms with Gasteiger partial charge in [-0.1, -0.05) is 31.2 Å². The summed E-state index contributed by atoms with van der Waals surface area (Å²) >= 11 is 0. The summed E-state index contributed by atoms with van der Waals surface area (Å²) in [6, 6.07) is 13.8. The highest BCUT2D eigenvalue weighted by Gasteiger charge is 2.26. The van der Waals surface area contributed by atoms with Crippen LogP contribution in [-0.4, -0.2) is 26.7 Å². The topological polar surface area (TPSA) is 38.8 Å². The summed E-state index contributed by atoms with van der Waals surface area (Å²) in [5.41, 5.74) is 3.22. The molecule has 0 saturated heterocycles. The Morgan fingerprint density at radius 1 is 1.12 bits per heavy atom. The molecule has 0 aliphatic carbocycles. The van der Waals surface area contributed by atoms with E-state index in [4.69, 9.17) is 9.47 Å². The predicted octanol–water partition coefficient (Wildman–Crippen LogP) is 3.79. The zero-order chi connectivity index (χ0) is 17.1. The Morgan fingerprint density at radius 2 is 1.88 bits per heavy atom. The van der Waals surface area contributed by atoms with E-state index in [0.717, 1.165) is 24.2 Å². The van der Waals surface area contributed by atoms with E-state index in [9.17, 15) is 4.79 Å². The standard InChI is InChI=1S/C20H23NO3/c1-14-10-11-21(17-7-5-4-6-16(14)17)20(22)13-15-8-9-18(23-2)19(12-15)24-3/h4-9,12,14H,10-11,13H2,1-3H3. The molecule has 0 aromatic heterocycles. The summed E-state index contributed by atoms with van der Waals surface area (Å²) in [4.78, 5) is 14.8. The summed E-state index contributed by atoms with van der Waals surface area (Å²) < 4.78 is 10.6. The van der Waals surface area contributed by atoms with Crippen molar-refractivity contribution < 1.29 is 14.3 Å². The number of carbonyl (C=O) groups excluding carboxylic acids is 1. The van der Waals surface area contributed by atoms with Gasteiger partial charge in [-0.05, 0) is 41.7 Å². The van der Waals surface area contributed by atoms with E-state index >= 15 is 0 Å². The fourth-order valence-electron chi connectivity index (χ4n) is 3.27. The first kappa shape index (κ1) is 16.4. The fraction of sp³-hybridized carbons (Fsp3) is 0.350. The lowest BCUT2D eigenvalue weighted by molar-refractivity contribution is -0.118. The zero-order valence-corrected chi connectivity index (χ0v) is 14.4. The van der Waals surface area contributed by atoms with Crippen molar-refractivity contribution in [2.24, 2.45) is 0 Å². The molecule has 2 aromatic rings. The van der Waals surface area contributed by atoms with Crippen molar-refractivity contribution in [2.45, 2.75) is 25.7 Å². The summed E-state index contributed by atoms with van der Waals surface area (Å²) in [5.74, 6) is 1.93. The zero-order valence-electron chi connectivity index (χ0n) is 14.4. The lowest BCUT2D eigenvalue weighted by Gasteiger charge is -2.33. The van der Waals surface area contributed by atoms with E-state index in [1.165, 1.54) is 5.56 Å². The highest BCUT2D eigenvalue weighted by Crippen LogP contribution is 2.35. The Hall–Kier alpha value is -2.49. The largest absolute Gasteiger partial charge is 0.493 e. The number of para-hydroxylation sites is 1. The Morgan fingerprint density at radius 3 is 2.62 bits per heavy atom. The summed E-state index contributed by atoms with van der Waals surface area (Å²) in [5, 5.41) is 0. The highest BCUT2D eigenvalue weighted by atomic mass is 16.5. The van der Waals surface area contributed by atoms with Crippen LogP contribution in [0.3, 0.4) is 0 Å². The SMILES string of the molecule is COc1ccc(CC(=O)N2CCC(C)c3ccccc32)cc1OC. The van der Waals surface area contributed by atoms with Gasteiger partial charge >= 0.3 is 0 Å². The number of methoxy groups -OCH3 is 2.